The Bertz CT molecular complexity index is 1130. The van der Waals surface area contributed by atoms with Crippen LogP contribution in [0.3, 0.4) is 0 Å². The monoisotopic (exact) mass is 398 g/mol. The Balaban J connectivity index is 2.08. The van der Waals surface area contributed by atoms with Crippen LogP contribution in [0.4, 0.5) is 0 Å². The molecule has 4 aromatic rings. The molecule has 0 aliphatic carbocycles. The van der Waals surface area contributed by atoms with Gasteiger partial charge in [0.2, 0.25) is 0 Å². The lowest BCUT2D eigenvalue weighted by atomic mass is 9.88. The third-order valence-corrected chi connectivity index (χ3v) is 5.44. The third kappa shape index (κ3) is 2.79. The van der Waals surface area contributed by atoms with Crippen LogP contribution in [-0.2, 0) is 6.42 Å². The SMILES string of the molecule is C=CCc1c(C=C)c2cc(-c3ccc(Br)cc3)ccc2c2ccccc12. The molecule has 0 unspecified atom stereocenters. The second-order valence-electron chi connectivity index (χ2n) is 6.40. The van der Waals surface area contributed by atoms with Crippen LogP contribution in [0, 0.1) is 0 Å². The summed E-state index contributed by atoms with van der Waals surface area (Å²) in [5.41, 5.74) is 4.93. The third-order valence-electron chi connectivity index (χ3n) is 4.91. The van der Waals surface area contributed by atoms with E-state index >= 15 is 0 Å². The minimum absolute atomic E-state index is 0.834. The zero-order valence-electron chi connectivity index (χ0n) is 14.5. The molecule has 26 heavy (non-hydrogen) atoms. The van der Waals surface area contributed by atoms with E-state index in [0.29, 0.717) is 0 Å². The van der Waals surface area contributed by atoms with Crippen molar-refractivity contribution in [3.8, 4) is 11.1 Å². The van der Waals surface area contributed by atoms with E-state index in [0.717, 1.165) is 10.9 Å². The van der Waals surface area contributed by atoms with Crippen molar-refractivity contribution in [1.82, 2.24) is 0 Å². The van der Waals surface area contributed by atoms with E-state index < -0.39 is 0 Å². The first-order chi connectivity index (χ1) is 12.7. The molecule has 0 bridgehead atoms. The number of halogens is 1. The molecular weight excluding hydrogens is 380 g/mol. The zero-order chi connectivity index (χ0) is 18.1. The molecule has 0 saturated carbocycles. The summed E-state index contributed by atoms with van der Waals surface area (Å²) in [6.07, 6.45) is 4.79. The minimum atomic E-state index is 0.834. The highest BCUT2D eigenvalue weighted by atomic mass is 79.9. The summed E-state index contributed by atoms with van der Waals surface area (Å²) < 4.78 is 1.09. The van der Waals surface area contributed by atoms with Crippen molar-refractivity contribution in [2.45, 2.75) is 6.42 Å². The number of allylic oxidation sites excluding steroid dienone is 1. The van der Waals surface area contributed by atoms with E-state index in [-0.39, 0.29) is 0 Å². The summed E-state index contributed by atoms with van der Waals surface area (Å²) in [5.74, 6) is 0. The Morgan fingerprint density at radius 1 is 0.731 bits per heavy atom. The van der Waals surface area contributed by atoms with Gasteiger partial charge in [-0.3, -0.25) is 0 Å². The first-order valence-electron chi connectivity index (χ1n) is 8.69. The van der Waals surface area contributed by atoms with E-state index in [1.54, 1.807) is 0 Å². The van der Waals surface area contributed by atoms with E-state index in [1.165, 1.54) is 43.8 Å². The van der Waals surface area contributed by atoms with E-state index in [4.69, 9.17) is 0 Å². The van der Waals surface area contributed by atoms with E-state index in [2.05, 4.69) is 95.8 Å². The molecule has 0 aromatic heterocycles. The lowest BCUT2D eigenvalue weighted by Crippen LogP contribution is -1.93. The molecule has 0 fully saturated rings. The van der Waals surface area contributed by atoms with Crippen LogP contribution in [0.2, 0.25) is 0 Å². The van der Waals surface area contributed by atoms with Gasteiger partial charge in [0.25, 0.3) is 0 Å². The van der Waals surface area contributed by atoms with Gasteiger partial charge in [-0.25, -0.2) is 0 Å². The summed E-state index contributed by atoms with van der Waals surface area (Å²) in [4.78, 5) is 0. The van der Waals surface area contributed by atoms with Crippen LogP contribution in [0.25, 0.3) is 38.7 Å². The fourth-order valence-corrected chi connectivity index (χ4v) is 3.97. The van der Waals surface area contributed by atoms with Crippen LogP contribution >= 0.6 is 15.9 Å². The van der Waals surface area contributed by atoms with Crippen LogP contribution < -0.4 is 0 Å². The smallest absolute Gasteiger partial charge is 0.0175 e. The van der Waals surface area contributed by atoms with Crippen molar-refractivity contribution >= 4 is 43.6 Å². The molecular formula is C25H19Br. The molecule has 0 aliphatic heterocycles. The van der Waals surface area contributed by atoms with E-state index in [1.807, 2.05) is 12.2 Å². The number of fused-ring (bicyclic) bond motifs is 3. The van der Waals surface area contributed by atoms with Crippen molar-refractivity contribution < 1.29 is 0 Å². The van der Waals surface area contributed by atoms with Crippen molar-refractivity contribution in [3.63, 3.8) is 0 Å². The second-order valence-corrected chi connectivity index (χ2v) is 7.32. The highest BCUT2D eigenvalue weighted by Gasteiger charge is 2.12. The van der Waals surface area contributed by atoms with Gasteiger partial charge < -0.3 is 0 Å². The Labute approximate surface area is 162 Å². The Hall–Kier alpha value is -2.64. The lowest BCUT2D eigenvalue weighted by molar-refractivity contribution is 1.31. The van der Waals surface area contributed by atoms with Gasteiger partial charge in [0.05, 0.1) is 0 Å². The first kappa shape index (κ1) is 16.8. The molecule has 0 spiro atoms. The van der Waals surface area contributed by atoms with Gasteiger partial charge in [-0.2, -0.15) is 0 Å². The predicted molar refractivity (Wildman–Crippen MR) is 119 cm³/mol. The number of hydrogen-bond acceptors (Lipinski definition) is 0. The summed E-state index contributed by atoms with van der Waals surface area (Å²) >= 11 is 3.51. The maximum atomic E-state index is 4.10. The highest BCUT2D eigenvalue weighted by molar-refractivity contribution is 9.10. The lowest BCUT2D eigenvalue weighted by Gasteiger charge is -2.15. The normalized spacial score (nSPS) is 11.0. The summed E-state index contributed by atoms with van der Waals surface area (Å²) in [7, 11) is 0. The molecule has 4 aromatic carbocycles. The first-order valence-corrected chi connectivity index (χ1v) is 9.49. The molecule has 0 radical (unpaired) electrons. The largest absolute Gasteiger partial charge is 0.103 e. The van der Waals surface area contributed by atoms with Gasteiger partial charge in [0.1, 0.15) is 0 Å². The molecule has 126 valence electrons. The summed E-state index contributed by atoms with van der Waals surface area (Å²) in [6, 6.07) is 23.8. The van der Waals surface area contributed by atoms with Crippen LogP contribution in [-0.4, -0.2) is 0 Å². The molecule has 0 heterocycles. The predicted octanol–water partition coefficient (Wildman–Crippen LogP) is 7.79. The molecule has 4 rings (SSSR count). The number of rotatable bonds is 4. The molecule has 0 nitrogen and oxygen atoms in total. The van der Waals surface area contributed by atoms with Crippen molar-refractivity contribution in [3.05, 3.63) is 102 Å². The molecule has 1 heteroatoms. The van der Waals surface area contributed by atoms with Crippen molar-refractivity contribution in [2.75, 3.05) is 0 Å². The van der Waals surface area contributed by atoms with Gasteiger partial charge >= 0.3 is 0 Å². The average molecular weight is 399 g/mol. The van der Waals surface area contributed by atoms with Crippen LogP contribution in [0.5, 0.6) is 0 Å². The highest BCUT2D eigenvalue weighted by Crippen LogP contribution is 2.36. The van der Waals surface area contributed by atoms with Crippen molar-refractivity contribution in [1.29, 1.82) is 0 Å². The van der Waals surface area contributed by atoms with Gasteiger partial charge in [-0.15, -0.1) is 6.58 Å². The van der Waals surface area contributed by atoms with Crippen LogP contribution in [0.1, 0.15) is 11.1 Å². The second kappa shape index (κ2) is 6.93. The van der Waals surface area contributed by atoms with Gasteiger partial charge in [0, 0.05) is 4.47 Å². The maximum Gasteiger partial charge on any atom is 0.0175 e. The van der Waals surface area contributed by atoms with Gasteiger partial charge in [-0.05, 0) is 68.4 Å². The molecule has 0 amide bonds. The fraction of sp³-hybridized carbons (Fsp3) is 0.0400. The van der Waals surface area contributed by atoms with Gasteiger partial charge in [-0.1, -0.05) is 83.2 Å². The molecule has 0 atom stereocenters. The zero-order valence-corrected chi connectivity index (χ0v) is 16.1. The Morgan fingerprint density at radius 2 is 1.38 bits per heavy atom. The maximum absolute atomic E-state index is 4.10. The van der Waals surface area contributed by atoms with Crippen LogP contribution in [0.15, 0.2) is 90.4 Å². The van der Waals surface area contributed by atoms with E-state index in [9.17, 15) is 0 Å². The number of hydrogen-bond donors (Lipinski definition) is 0. The van der Waals surface area contributed by atoms with Crippen molar-refractivity contribution in [2.24, 2.45) is 0 Å². The topological polar surface area (TPSA) is 0 Å². The Morgan fingerprint density at radius 3 is 2.08 bits per heavy atom. The molecule has 0 aliphatic rings. The molecule has 0 saturated heterocycles. The summed E-state index contributed by atoms with van der Waals surface area (Å²) in [5, 5.41) is 5.08. The quantitative estimate of drug-likeness (QED) is 0.243. The number of benzene rings is 4. The minimum Gasteiger partial charge on any atom is -0.103 e. The van der Waals surface area contributed by atoms with Gasteiger partial charge in [0.15, 0.2) is 0 Å². The Kier molecular flexibility index (Phi) is 4.48. The summed E-state index contributed by atoms with van der Waals surface area (Å²) in [6.45, 7) is 8.06. The standard InChI is InChI=1S/C25H19Br/c1-3-7-21-20(4-2)25-16-18(17-10-13-19(26)14-11-17)12-15-24(25)23-9-6-5-8-22(21)23/h3-6,8-16H,1-2,7H2. The average Bonchev–Trinajstić information content (AvgIpc) is 2.68. The molecule has 0 N–H and O–H groups in total. The fourth-order valence-electron chi connectivity index (χ4n) is 3.71.